The number of benzene rings is 1. The molecule has 4 rings (SSSR count). The van der Waals surface area contributed by atoms with Crippen LogP contribution in [0.4, 0.5) is 11.4 Å². The molecule has 0 saturated carbocycles. The van der Waals surface area contributed by atoms with E-state index in [2.05, 4.69) is 20.5 Å². The highest BCUT2D eigenvalue weighted by molar-refractivity contribution is 6.06. The summed E-state index contributed by atoms with van der Waals surface area (Å²) in [7, 11) is 0. The Morgan fingerprint density at radius 2 is 2.12 bits per heavy atom. The third-order valence-corrected chi connectivity index (χ3v) is 4.58. The zero-order valence-corrected chi connectivity index (χ0v) is 13.2. The molecule has 3 heterocycles. The molecule has 1 fully saturated rings. The van der Waals surface area contributed by atoms with E-state index in [9.17, 15) is 9.59 Å². The highest BCUT2D eigenvalue weighted by atomic mass is 16.2. The maximum atomic E-state index is 12.4. The van der Waals surface area contributed by atoms with E-state index in [1.807, 2.05) is 24.3 Å². The fourth-order valence-corrected chi connectivity index (χ4v) is 3.36. The molecular weight excluding hydrogens is 304 g/mol. The van der Waals surface area contributed by atoms with Gasteiger partial charge in [-0.25, -0.2) is 0 Å². The van der Waals surface area contributed by atoms with E-state index in [1.54, 1.807) is 18.5 Å². The summed E-state index contributed by atoms with van der Waals surface area (Å²) < 4.78 is 0. The smallest absolute Gasteiger partial charge is 0.251 e. The van der Waals surface area contributed by atoms with Crippen LogP contribution in [0.2, 0.25) is 0 Å². The topological polar surface area (TPSA) is 74.3 Å². The number of pyridine rings is 1. The Hall–Kier alpha value is -2.89. The second kappa shape index (κ2) is 5.96. The molecule has 1 aromatic heterocycles. The van der Waals surface area contributed by atoms with Crippen molar-refractivity contribution >= 4 is 23.2 Å². The van der Waals surface area contributed by atoms with E-state index in [0.29, 0.717) is 12.1 Å². The molecule has 2 aromatic rings. The van der Waals surface area contributed by atoms with Gasteiger partial charge < -0.3 is 15.5 Å². The van der Waals surface area contributed by atoms with Crippen molar-refractivity contribution in [3.63, 3.8) is 0 Å². The zero-order chi connectivity index (χ0) is 16.5. The molecular formula is C18H18N4O2. The van der Waals surface area contributed by atoms with Crippen molar-refractivity contribution in [2.75, 3.05) is 16.8 Å². The first-order valence-electron chi connectivity index (χ1n) is 8.11. The number of amides is 2. The van der Waals surface area contributed by atoms with Crippen molar-refractivity contribution in [3.05, 3.63) is 53.9 Å². The summed E-state index contributed by atoms with van der Waals surface area (Å²) in [5.74, 6) is -0.137. The first kappa shape index (κ1) is 14.7. The zero-order valence-electron chi connectivity index (χ0n) is 13.2. The maximum Gasteiger partial charge on any atom is 0.251 e. The van der Waals surface area contributed by atoms with Crippen molar-refractivity contribution in [3.8, 4) is 0 Å². The molecule has 2 N–H and O–H groups in total. The van der Waals surface area contributed by atoms with E-state index in [4.69, 9.17) is 0 Å². The average Bonchev–Trinajstić information content (AvgIpc) is 3.11. The van der Waals surface area contributed by atoms with Gasteiger partial charge >= 0.3 is 0 Å². The van der Waals surface area contributed by atoms with Crippen LogP contribution in [-0.4, -0.2) is 29.4 Å². The van der Waals surface area contributed by atoms with Crippen LogP contribution in [0.5, 0.6) is 0 Å². The van der Waals surface area contributed by atoms with Crippen LogP contribution in [-0.2, 0) is 11.3 Å². The molecule has 0 aliphatic carbocycles. The summed E-state index contributed by atoms with van der Waals surface area (Å²) in [6, 6.07) is 9.15. The van der Waals surface area contributed by atoms with Crippen LogP contribution in [0.1, 0.15) is 28.8 Å². The number of anilines is 2. The van der Waals surface area contributed by atoms with Gasteiger partial charge in [0.05, 0.1) is 11.4 Å². The van der Waals surface area contributed by atoms with Crippen molar-refractivity contribution in [1.29, 1.82) is 0 Å². The first-order valence-corrected chi connectivity index (χ1v) is 8.11. The minimum Gasteiger partial charge on any atom is -0.358 e. The SMILES string of the molecule is O=C(NCc1ccncc1)c1ccc2c(c1)NC(=O)C1CCCN21. The lowest BCUT2D eigenvalue weighted by Crippen LogP contribution is -2.44. The summed E-state index contributed by atoms with van der Waals surface area (Å²) >= 11 is 0. The second-order valence-corrected chi connectivity index (χ2v) is 6.11. The lowest BCUT2D eigenvalue weighted by atomic mass is 10.1. The Kier molecular flexibility index (Phi) is 3.65. The predicted octanol–water partition coefficient (Wildman–Crippen LogP) is 1.93. The number of nitrogens with zero attached hydrogens (tertiary/aromatic N) is 2. The van der Waals surface area contributed by atoms with E-state index < -0.39 is 0 Å². The highest BCUT2D eigenvalue weighted by Crippen LogP contribution is 2.37. The van der Waals surface area contributed by atoms with Gasteiger partial charge in [-0.05, 0) is 48.7 Å². The summed E-state index contributed by atoms with van der Waals surface area (Å²) in [6.07, 6.45) is 5.30. The number of carbonyl (C=O) groups excluding carboxylic acids is 2. The van der Waals surface area contributed by atoms with Crippen LogP contribution in [0.25, 0.3) is 0 Å². The third kappa shape index (κ3) is 2.60. The summed E-state index contributed by atoms with van der Waals surface area (Å²) in [4.78, 5) is 30.6. The second-order valence-electron chi connectivity index (χ2n) is 6.11. The standard InChI is InChI=1S/C18H18N4O2/c23-17(20-11-12-5-7-19-8-6-12)13-3-4-15-14(10-13)21-18(24)16-2-1-9-22(15)16/h3-8,10,16H,1-2,9,11H2,(H,20,23)(H,21,24). The van der Waals surface area contributed by atoms with Crippen molar-refractivity contribution < 1.29 is 9.59 Å². The van der Waals surface area contributed by atoms with Crippen LogP contribution in [0.15, 0.2) is 42.7 Å². The lowest BCUT2D eigenvalue weighted by molar-refractivity contribution is -0.117. The molecule has 1 atom stereocenters. The van der Waals surface area contributed by atoms with Gasteiger partial charge in [0.2, 0.25) is 5.91 Å². The quantitative estimate of drug-likeness (QED) is 0.905. The minimum atomic E-state index is -0.160. The van der Waals surface area contributed by atoms with Gasteiger partial charge in [-0.2, -0.15) is 0 Å². The van der Waals surface area contributed by atoms with Gasteiger partial charge in [0.25, 0.3) is 5.91 Å². The Bertz CT molecular complexity index is 791. The number of nitrogens with one attached hydrogen (secondary N) is 2. The van der Waals surface area contributed by atoms with Crippen LogP contribution in [0, 0.1) is 0 Å². The van der Waals surface area contributed by atoms with Crippen molar-refractivity contribution in [1.82, 2.24) is 10.3 Å². The van der Waals surface area contributed by atoms with Crippen molar-refractivity contribution in [2.45, 2.75) is 25.4 Å². The summed E-state index contributed by atoms with van der Waals surface area (Å²) in [5.41, 5.74) is 3.25. The first-order chi connectivity index (χ1) is 11.7. The van der Waals surface area contributed by atoms with E-state index in [-0.39, 0.29) is 17.9 Å². The monoisotopic (exact) mass is 322 g/mol. The van der Waals surface area contributed by atoms with Gasteiger partial charge in [-0.1, -0.05) is 0 Å². The molecule has 6 heteroatoms. The van der Waals surface area contributed by atoms with Crippen LogP contribution in [0.3, 0.4) is 0 Å². The molecule has 1 saturated heterocycles. The predicted molar refractivity (Wildman–Crippen MR) is 90.8 cm³/mol. The summed E-state index contributed by atoms with van der Waals surface area (Å²) in [6.45, 7) is 1.33. The van der Waals surface area contributed by atoms with Gasteiger partial charge in [0.1, 0.15) is 6.04 Å². The third-order valence-electron chi connectivity index (χ3n) is 4.58. The fourth-order valence-electron chi connectivity index (χ4n) is 3.36. The molecule has 122 valence electrons. The van der Waals surface area contributed by atoms with E-state index >= 15 is 0 Å². The number of fused-ring (bicyclic) bond motifs is 3. The molecule has 2 amide bonds. The fraction of sp³-hybridized carbons (Fsp3) is 0.278. The summed E-state index contributed by atoms with van der Waals surface area (Å²) in [5, 5.41) is 5.82. The molecule has 24 heavy (non-hydrogen) atoms. The Balaban J connectivity index is 1.52. The Labute approximate surface area is 139 Å². The minimum absolute atomic E-state index is 0.0225. The van der Waals surface area contributed by atoms with Gasteiger partial charge in [-0.15, -0.1) is 0 Å². The molecule has 0 bridgehead atoms. The van der Waals surface area contributed by atoms with Gasteiger partial charge in [-0.3, -0.25) is 14.6 Å². The maximum absolute atomic E-state index is 12.4. The van der Waals surface area contributed by atoms with Crippen LogP contribution >= 0.6 is 0 Å². The number of hydrogen-bond donors (Lipinski definition) is 2. The largest absolute Gasteiger partial charge is 0.358 e. The normalized spacial score (nSPS) is 18.6. The van der Waals surface area contributed by atoms with Crippen molar-refractivity contribution in [2.24, 2.45) is 0 Å². The highest BCUT2D eigenvalue weighted by Gasteiger charge is 2.36. The lowest BCUT2D eigenvalue weighted by Gasteiger charge is -2.33. The number of rotatable bonds is 3. The van der Waals surface area contributed by atoms with Crippen LogP contribution < -0.4 is 15.5 Å². The van der Waals surface area contributed by atoms with Gasteiger partial charge in [0.15, 0.2) is 0 Å². The number of hydrogen-bond acceptors (Lipinski definition) is 4. The molecule has 0 radical (unpaired) electrons. The number of aromatic nitrogens is 1. The molecule has 0 spiro atoms. The average molecular weight is 322 g/mol. The number of carbonyl (C=O) groups is 2. The molecule has 1 unspecified atom stereocenters. The Morgan fingerprint density at radius 3 is 2.96 bits per heavy atom. The van der Waals surface area contributed by atoms with Gasteiger partial charge in [0, 0.05) is 31.0 Å². The van der Waals surface area contributed by atoms with E-state index in [1.165, 1.54) is 0 Å². The molecule has 2 aliphatic rings. The molecule has 6 nitrogen and oxygen atoms in total. The Morgan fingerprint density at radius 1 is 1.29 bits per heavy atom. The molecule has 2 aliphatic heterocycles. The van der Waals surface area contributed by atoms with E-state index in [0.717, 1.165) is 36.3 Å². The molecule has 1 aromatic carbocycles.